The van der Waals surface area contributed by atoms with E-state index in [1.54, 1.807) is 6.08 Å². The first kappa shape index (κ1) is 9.25. The number of hydrogen-bond donors (Lipinski definition) is 4. The van der Waals surface area contributed by atoms with Crippen molar-refractivity contribution in [3.8, 4) is 5.75 Å². The molecule has 7 N–H and O–H groups in total. The summed E-state index contributed by atoms with van der Waals surface area (Å²) >= 11 is 0. The Hall–Kier alpha value is -1.84. The van der Waals surface area contributed by atoms with Crippen molar-refractivity contribution in [1.82, 2.24) is 0 Å². The summed E-state index contributed by atoms with van der Waals surface area (Å²) in [5, 5.41) is 9.56. The van der Waals surface area contributed by atoms with Gasteiger partial charge in [0.15, 0.2) is 0 Å². The highest BCUT2D eigenvalue weighted by Crippen LogP contribution is 2.35. The molecule has 0 saturated heterocycles. The van der Waals surface area contributed by atoms with Crippen LogP contribution in [0.25, 0.3) is 0 Å². The zero-order valence-electron chi connectivity index (χ0n) is 7.25. The highest BCUT2D eigenvalue weighted by atomic mass is 16.3. The lowest BCUT2D eigenvalue weighted by Crippen LogP contribution is -2.01. The molecule has 4 heteroatoms. The molecule has 0 spiro atoms. The minimum absolute atomic E-state index is 0.0441. The van der Waals surface area contributed by atoms with Crippen LogP contribution >= 0.6 is 0 Å². The number of phenols is 1. The summed E-state index contributed by atoms with van der Waals surface area (Å²) in [5.41, 5.74) is 18.1. The molecule has 0 aliphatic rings. The Morgan fingerprint density at radius 2 is 1.92 bits per heavy atom. The van der Waals surface area contributed by atoms with E-state index in [2.05, 4.69) is 6.58 Å². The molecule has 1 rings (SSSR count). The zero-order chi connectivity index (χ0) is 10.0. The molecule has 1 aromatic rings. The van der Waals surface area contributed by atoms with E-state index in [-0.39, 0.29) is 11.4 Å². The van der Waals surface area contributed by atoms with Crippen LogP contribution in [0.5, 0.6) is 5.75 Å². The maximum atomic E-state index is 9.56. The molecule has 1 aromatic carbocycles. The van der Waals surface area contributed by atoms with Crippen LogP contribution in [-0.2, 0) is 6.42 Å². The fraction of sp³-hybridized carbons (Fsp3) is 0.111. The van der Waals surface area contributed by atoms with Gasteiger partial charge in [-0.05, 0) is 12.5 Å². The van der Waals surface area contributed by atoms with E-state index in [0.717, 1.165) is 0 Å². The number of rotatable bonds is 2. The summed E-state index contributed by atoms with van der Waals surface area (Å²) in [7, 11) is 0. The Labute approximate surface area is 76.7 Å². The van der Waals surface area contributed by atoms with Crippen molar-refractivity contribution < 1.29 is 5.11 Å². The Kier molecular flexibility index (Phi) is 2.32. The smallest absolute Gasteiger partial charge is 0.146 e. The van der Waals surface area contributed by atoms with Crippen LogP contribution in [0.3, 0.4) is 0 Å². The maximum Gasteiger partial charge on any atom is 0.146 e. The van der Waals surface area contributed by atoms with Gasteiger partial charge in [0.05, 0.1) is 11.4 Å². The highest BCUT2D eigenvalue weighted by molar-refractivity contribution is 5.79. The first-order chi connectivity index (χ1) is 6.07. The third-order valence-corrected chi connectivity index (χ3v) is 1.86. The summed E-state index contributed by atoms with van der Waals surface area (Å²) in [6.07, 6.45) is 2.11. The number of nitrogens with two attached hydrogens (primary N) is 3. The van der Waals surface area contributed by atoms with Crippen molar-refractivity contribution in [2.24, 2.45) is 0 Å². The van der Waals surface area contributed by atoms with Gasteiger partial charge in [-0.2, -0.15) is 0 Å². The summed E-state index contributed by atoms with van der Waals surface area (Å²) in [4.78, 5) is 0. The minimum atomic E-state index is -0.0441. The average molecular weight is 179 g/mol. The number of hydrogen-bond acceptors (Lipinski definition) is 4. The second-order valence-corrected chi connectivity index (χ2v) is 2.79. The van der Waals surface area contributed by atoms with Crippen LogP contribution in [0.2, 0.25) is 0 Å². The number of aromatic hydroxyl groups is 1. The molecular weight excluding hydrogens is 166 g/mol. The van der Waals surface area contributed by atoms with E-state index in [0.29, 0.717) is 23.4 Å². The molecule has 0 fully saturated rings. The normalized spacial score (nSPS) is 9.85. The summed E-state index contributed by atoms with van der Waals surface area (Å²) < 4.78 is 0. The van der Waals surface area contributed by atoms with Crippen molar-refractivity contribution in [3.63, 3.8) is 0 Å². The van der Waals surface area contributed by atoms with Gasteiger partial charge in [0, 0.05) is 11.3 Å². The third kappa shape index (κ3) is 1.51. The summed E-state index contributed by atoms with van der Waals surface area (Å²) in [5.74, 6) is -0.0441. The van der Waals surface area contributed by atoms with Crippen molar-refractivity contribution in [1.29, 1.82) is 0 Å². The first-order valence-corrected chi connectivity index (χ1v) is 3.84. The molecule has 0 radical (unpaired) electrons. The standard InChI is InChI=1S/C9H13N3O/c1-2-3-5-6(10)4-7(11)8(12)9(5)13/h2,4,13H,1,3,10-12H2. The van der Waals surface area contributed by atoms with Gasteiger partial charge >= 0.3 is 0 Å². The molecule has 13 heavy (non-hydrogen) atoms. The fourth-order valence-corrected chi connectivity index (χ4v) is 1.13. The molecule has 0 aromatic heterocycles. The van der Waals surface area contributed by atoms with Crippen LogP contribution in [0.4, 0.5) is 17.1 Å². The van der Waals surface area contributed by atoms with Crippen molar-refractivity contribution in [3.05, 3.63) is 24.3 Å². The van der Waals surface area contributed by atoms with Crippen LogP contribution in [0.15, 0.2) is 18.7 Å². The predicted molar refractivity (Wildman–Crippen MR) is 55.2 cm³/mol. The Morgan fingerprint density at radius 1 is 1.31 bits per heavy atom. The van der Waals surface area contributed by atoms with Crippen LogP contribution in [0.1, 0.15) is 5.56 Å². The molecule has 70 valence electrons. The SMILES string of the molecule is C=CCc1c(N)cc(N)c(N)c1O. The fourth-order valence-electron chi connectivity index (χ4n) is 1.13. The predicted octanol–water partition coefficient (Wildman–Crippen LogP) is 0.867. The number of phenolic OH excluding ortho intramolecular Hbond substituents is 1. The van der Waals surface area contributed by atoms with Crippen molar-refractivity contribution in [2.75, 3.05) is 17.2 Å². The molecule has 0 bridgehead atoms. The Balaban J connectivity index is 3.34. The van der Waals surface area contributed by atoms with Crippen molar-refractivity contribution in [2.45, 2.75) is 6.42 Å². The summed E-state index contributed by atoms with van der Waals surface area (Å²) in [6.45, 7) is 3.55. The van der Waals surface area contributed by atoms with E-state index in [4.69, 9.17) is 17.2 Å². The monoisotopic (exact) mass is 179 g/mol. The van der Waals surface area contributed by atoms with Gasteiger partial charge in [-0.1, -0.05) is 6.08 Å². The highest BCUT2D eigenvalue weighted by Gasteiger charge is 2.10. The lowest BCUT2D eigenvalue weighted by atomic mass is 10.1. The van der Waals surface area contributed by atoms with Gasteiger partial charge in [-0.3, -0.25) is 0 Å². The van der Waals surface area contributed by atoms with E-state index in [9.17, 15) is 5.11 Å². The number of benzene rings is 1. The molecule has 0 unspecified atom stereocenters. The van der Waals surface area contributed by atoms with E-state index < -0.39 is 0 Å². The molecule has 0 aliphatic carbocycles. The van der Waals surface area contributed by atoms with Gasteiger partial charge < -0.3 is 22.3 Å². The number of allylic oxidation sites excluding steroid dienone is 1. The first-order valence-electron chi connectivity index (χ1n) is 3.84. The maximum absolute atomic E-state index is 9.56. The average Bonchev–Trinajstić information content (AvgIpc) is 2.09. The van der Waals surface area contributed by atoms with Gasteiger partial charge in [-0.15, -0.1) is 6.58 Å². The van der Waals surface area contributed by atoms with Gasteiger partial charge in [0.25, 0.3) is 0 Å². The zero-order valence-corrected chi connectivity index (χ0v) is 7.25. The van der Waals surface area contributed by atoms with Crippen LogP contribution in [0, 0.1) is 0 Å². The number of anilines is 3. The second kappa shape index (κ2) is 3.26. The van der Waals surface area contributed by atoms with E-state index >= 15 is 0 Å². The Bertz CT molecular complexity index is 347. The number of nitrogen functional groups attached to an aromatic ring is 3. The van der Waals surface area contributed by atoms with Crippen LogP contribution < -0.4 is 17.2 Å². The summed E-state index contributed by atoms with van der Waals surface area (Å²) in [6, 6.07) is 1.54. The van der Waals surface area contributed by atoms with Gasteiger partial charge in [0.2, 0.25) is 0 Å². The van der Waals surface area contributed by atoms with Crippen LogP contribution in [-0.4, -0.2) is 5.11 Å². The lowest BCUT2D eigenvalue weighted by Gasteiger charge is -2.10. The second-order valence-electron chi connectivity index (χ2n) is 2.79. The molecule has 0 amide bonds. The minimum Gasteiger partial charge on any atom is -0.505 e. The molecular formula is C9H13N3O. The molecule has 0 atom stereocenters. The van der Waals surface area contributed by atoms with E-state index in [1.807, 2.05) is 0 Å². The lowest BCUT2D eigenvalue weighted by molar-refractivity contribution is 0.473. The van der Waals surface area contributed by atoms with Crippen molar-refractivity contribution >= 4 is 17.1 Å². The molecule has 0 aliphatic heterocycles. The van der Waals surface area contributed by atoms with Gasteiger partial charge in [-0.25, -0.2) is 0 Å². The van der Waals surface area contributed by atoms with E-state index in [1.165, 1.54) is 6.07 Å². The topological polar surface area (TPSA) is 98.3 Å². The largest absolute Gasteiger partial charge is 0.505 e. The molecule has 4 nitrogen and oxygen atoms in total. The van der Waals surface area contributed by atoms with Gasteiger partial charge in [0.1, 0.15) is 5.75 Å². The third-order valence-electron chi connectivity index (χ3n) is 1.86. The Morgan fingerprint density at radius 3 is 2.46 bits per heavy atom. The quantitative estimate of drug-likeness (QED) is 0.307. The molecule has 0 saturated carbocycles. The molecule has 0 heterocycles.